The molecule has 2 rings (SSSR count). The molecule has 0 radical (unpaired) electrons. The van der Waals surface area contributed by atoms with Crippen LogP contribution in [-0.4, -0.2) is 26.0 Å². The molecule has 16 heavy (non-hydrogen) atoms. The number of hydrogen-bond acceptors (Lipinski definition) is 4. The van der Waals surface area contributed by atoms with Crippen molar-refractivity contribution in [3.05, 3.63) is 21.3 Å². The number of halogens is 1. The SMILES string of the molecule is CCOC(=O)c1cc2c([nH]1)C=C(Br)S2(=O)=O. The summed E-state index contributed by atoms with van der Waals surface area (Å²) in [6.45, 7) is 1.93. The van der Waals surface area contributed by atoms with Gasteiger partial charge in [0.15, 0.2) is 0 Å². The van der Waals surface area contributed by atoms with Crippen molar-refractivity contribution in [3.8, 4) is 0 Å². The number of carbonyl (C=O) groups is 1. The molecule has 0 saturated heterocycles. The lowest BCUT2D eigenvalue weighted by molar-refractivity contribution is 0.0520. The van der Waals surface area contributed by atoms with E-state index in [0.717, 1.165) is 0 Å². The number of nitrogens with one attached hydrogen (secondary N) is 1. The largest absolute Gasteiger partial charge is 0.461 e. The van der Waals surface area contributed by atoms with Gasteiger partial charge in [0.25, 0.3) is 0 Å². The van der Waals surface area contributed by atoms with Crippen LogP contribution in [0.4, 0.5) is 0 Å². The van der Waals surface area contributed by atoms with Gasteiger partial charge in [0.1, 0.15) is 9.51 Å². The molecule has 1 aromatic rings. The predicted octanol–water partition coefficient (Wildman–Crippen LogP) is 1.67. The van der Waals surface area contributed by atoms with Gasteiger partial charge in [-0.1, -0.05) is 0 Å². The fourth-order valence-electron chi connectivity index (χ4n) is 1.40. The summed E-state index contributed by atoms with van der Waals surface area (Å²) in [4.78, 5) is 14.2. The Morgan fingerprint density at radius 2 is 2.25 bits per heavy atom. The second-order valence-electron chi connectivity index (χ2n) is 3.13. The third-order valence-electron chi connectivity index (χ3n) is 2.11. The van der Waals surface area contributed by atoms with E-state index in [4.69, 9.17) is 4.74 Å². The lowest BCUT2D eigenvalue weighted by atomic mass is 10.4. The number of aromatic nitrogens is 1. The average Bonchev–Trinajstić information content (AvgIpc) is 2.69. The highest BCUT2D eigenvalue weighted by atomic mass is 79.9. The maximum absolute atomic E-state index is 11.7. The Morgan fingerprint density at radius 3 is 2.81 bits per heavy atom. The van der Waals surface area contributed by atoms with Gasteiger partial charge in [0, 0.05) is 0 Å². The summed E-state index contributed by atoms with van der Waals surface area (Å²) in [6, 6.07) is 1.29. The summed E-state index contributed by atoms with van der Waals surface area (Å²) in [5.41, 5.74) is 0.543. The van der Waals surface area contributed by atoms with Gasteiger partial charge in [-0.05, 0) is 35.0 Å². The summed E-state index contributed by atoms with van der Waals surface area (Å²) >= 11 is 2.95. The molecule has 1 aliphatic heterocycles. The third kappa shape index (κ3) is 1.60. The van der Waals surface area contributed by atoms with Gasteiger partial charge in [-0.2, -0.15) is 0 Å². The second-order valence-corrected chi connectivity index (χ2v) is 6.40. The molecule has 1 aromatic heterocycles. The molecule has 0 bridgehead atoms. The topological polar surface area (TPSA) is 76.2 Å². The number of hydrogen-bond donors (Lipinski definition) is 1. The van der Waals surface area contributed by atoms with E-state index >= 15 is 0 Å². The van der Waals surface area contributed by atoms with Crippen LogP contribution in [0.2, 0.25) is 0 Å². The summed E-state index contributed by atoms with van der Waals surface area (Å²) in [5.74, 6) is -0.559. The van der Waals surface area contributed by atoms with E-state index in [0.29, 0.717) is 5.69 Å². The lowest BCUT2D eigenvalue weighted by Crippen LogP contribution is -2.05. The number of fused-ring (bicyclic) bond motifs is 1. The molecule has 0 aliphatic carbocycles. The summed E-state index contributed by atoms with van der Waals surface area (Å²) in [5, 5.41) is 0. The number of sulfone groups is 1. The minimum Gasteiger partial charge on any atom is -0.461 e. The molecule has 1 N–H and O–H groups in total. The van der Waals surface area contributed by atoms with Crippen molar-refractivity contribution in [1.29, 1.82) is 0 Å². The molecule has 0 unspecified atom stereocenters. The van der Waals surface area contributed by atoms with E-state index in [1.54, 1.807) is 6.92 Å². The van der Waals surface area contributed by atoms with E-state index in [1.165, 1.54) is 12.1 Å². The van der Waals surface area contributed by atoms with Crippen LogP contribution in [-0.2, 0) is 14.6 Å². The zero-order valence-electron chi connectivity index (χ0n) is 8.28. The van der Waals surface area contributed by atoms with Crippen LogP contribution in [0.3, 0.4) is 0 Å². The molecule has 0 saturated carbocycles. The Balaban J connectivity index is 2.46. The van der Waals surface area contributed by atoms with Gasteiger partial charge in [-0.3, -0.25) is 0 Å². The molecule has 7 heteroatoms. The quantitative estimate of drug-likeness (QED) is 0.843. The van der Waals surface area contributed by atoms with Crippen LogP contribution in [0, 0.1) is 0 Å². The second kappa shape index (κ2) is 3.74. The monoisotopic (exact) mass is 305 g/mol. The number of aromatic amines is 1. The molecule has 5 nitrogen and oxygen atoms in total. The number of H-pyrrole nitrogens is 1. The highest BCUT2D eigenvalue weighted by Gasteiger charge is 2.31. The van der Waals surface area contributed by atoms with E-state index < -0.39 is 15.8 Å². The zero-order chi connectivity index (χ0) is 11.9. The molecular formula is C9H8BrNO4S. The van der Waals surface area contributed by atoms with E-state index in [2.05, 4.69) is 20.9 Å². The van der Waals surface area contributed by atoms with Gasteiger partial charge < -0.3 is 9.72 Å². The van der Waals surface area contributed by atoms with Crippen LogP contribution in [0.15, 0.2) is 14.8 Å². The highest BCUT2D eigenvalue weighted by Crippen LogP contribution is 2.36. The van der Waals surface area contributed by atoms with Gasteiger partial charge in [-0.25, -0.2) is 13.2 Å². The normalized spacial score (nSPS) is 16.8. The first-order valence-corrected chi connectivity index (χ1v) is 6.77. The number of carbonyl (C=O) groups excluding carboxylic acids is 1. The van der Waals surface area contributed by atoms with Crippen LogP contribution < -0.4 is 0 Å². The molecule has 86 valence electrons. The standard InChI is InChI=1S/C9H8BrNO4S/c1-2-15-9(12)6-3-7-5(11-6)4-8(10)16(7,13)14/h3-4,11H,2H2,1H3. The van der Waals surface area contributed by atoms with E-state index in [9.17, 15) is 13.2 Å². The fraction of sp³-hybridized carbons (Fsp3) is 0.222. The fourth-order valence-corrected chi connectivity index (χ4v) is 3.30. The van der Waals surface area contributed by atoms with Crippen LogP contribution in [0.5, 0.6) is 0 Å². The van der Waals surface area contributed by atoms with Gasteiger partial charge in [-0.15, -0.1) is 0 Å². The first kappa shape index (κ1) is 11.4. The highest BCUT2D eigenvalue weighted by molar-refractivity contribution is 9.13. The summed E-state index contributed by atoms with van der Waals surface area (Å²) in [6.07, 6.45) is 1.42. The maximum Gasteiger partial charge on any atom is 0.354 e. The molecular weight excluding hydrogens is 298 g/mol. The van der Waals surface area contributed by atoms with Crippen molar-refractivity contribution in [2.45, 2.75) is 11.8 Å². The number of ether oxygens (including phenoxy) is 1. The van der Waals surface area contributed by atoms with Crippen molar-refractivity contribution >= 4 is 37.8 Å². The van der Waals surface area contributed by atoms with E-state index in [1.807, 2.05) is 0 Å². The van der Waals surface area contributed by atoms with Gasteiger partial charge in [0.05, 0.1) is 17.2 Å². The maximum atomic E-state index is 11.7. The Bertz CT molecular complexity index is 585. The molecule has 0 atom stereocenters. The Hall–Kier alpha value is -1.08. The smallest absolute Gasteiger partial charge is 0.354 e. The summed E-state index contributed by atoms with van der Waals surface area (Å²) < 4.78 is 28.2. The van der Waals surface area contributed by atoms with Crippen molar-refractivity contribution in [3.63, 3.8) is 0 Å². The van der Waals surface area contributed by atoms with Crippen molar-refractivity contribution in [2.24, 2.45) is 0 Å². The first-order valence-electron chi connectivity index (χ1n) is 4.49. The molecule has 0 fully saturated rings. The van der Waals surface area contributed by atoms with Gasteiger partial charge in [0.2, 0.25) is 9.84 Å². The van der Waals surface area contributed by atoms with Crippen molar-refractivity contribution < 1.29 is 17.9 Å². The molecule has 1 aliphatic rings. The molecule has 2 heterocycles. The van der Waals surface area contributed by atoms with E-state index in [-0.39, 0.29) is 21.0 Å². The van der Waals surface area contributed by atoms with Crippen LogP contribution in [0.1, 0.15) is 23.1 Å². The lowest BCUT2D eigenvalue weighted by Gasteiger charge is -1.97. The molecule has 0 aromatic carbocycles. The zero-order valence-corrected chi connectivity index (χ0v) is 10.7. The van der Waals surface area contributed by atoms with Crippen molar-refractivity contribution in [1.82, 2.24) is 4.98 Å². The number of esters is 1. The molecule has 0 amide bonds. The minimum atomic E-state index is -3.47. The molecule has 0 spiro atoms. The first-order chi connectivity index (χ1) is 7.46. The Kier molecular flexibility index (Phi) is 2.67. The summed E-state index contributed by atoms with van der Waals surface area (Å²) in [7, 11) is -3.47. The third-order valence-corrected chi connectivity index (χ3v) is 5.17. The predicted molar refractivity (Wildman–Crippen MR) is 60.8 cm³/mol. The van der Waals surface area contributed by atoms with Crippen LogP contribution >= 0.6 is 15.9 Å². The minimum absolute atomic E-state index is 0.0941. The van der Waals surface area contributed by atoms with Crippen molar-refractivity contribution in [2.75, 3.05) is 6.61 Å². The van der Waals surface area contributed by atoms with Gasteiger partial charge >= 0.3 is 5.97 Å². The van der Waals surface area contributed by atoms with Crippen LogP contribution in [0.25, 0.3) is 6.08 Å². The average molecular weight is 306 g/mol. The Morgan fingerprint density at radius 1 is 1.56 bits per heavy atom. The number of rotatable bonds is 2. The Labute approximate surface area is 101 Å².